The van der Waals surface area contributed by atoms with Gasteiger partial charge in [0.1, 0.15) is 11.9 Å². The molecule has 48 heavy (non-hydrogen) atoms. The number of halogens is 6. The van der Waals surface area contributed by atoms with Crippen LogP contribution in [0.4, 0.5) is 31.1 Å². The molecule has 1 amide bonds. The van der Waals surface area contributed by atoms with E-state index in [0.717, 1.165) is 41.7 Å². The molecule has 0 saturated carbocycles. The highest BCUT2D eigenvalue weighted by atomic mass is 19.4. The second-order valence-electron chi connectivity index (χ2n) is 15.1. The highest BCUT2D eigenvalue weighted by molar-refractivity contribution is 5.80. The minimum absolute atomic E-state index is 0.0346. The second-order valence-corrected chi connectivity index (χ2v) is 15.1. The van der Waals surface area contributed by atoms with Crippen LogP contribution in [0.15, 0.2) is 48.0 Å². The van der Waals surface area contributed by atoms with Crippen LogP contribution in [0.25, 0.3) is 11.1 Å². The standard InChI is InChI=1S/C37H44F6N2O3/c1-21-32(24-14-26(36(38,39)40)18-27(15-24)37(41,42)43)48-33(46)45(21)20-25-19-35(5,6)12-10-28(25)29-16-22(8-9-30(29)47-7)23-11-13-44-31(17-23)34(2,3)4/h8-9,14-18,21,31-32,44H,10-13,19-20H2,1-7H3/t21-,31?,32-/m0/s1. The maximum atomic E-state index is 13.6. The van der Waals surface area contributed by atoms with Crippen molar-refractivity contribution >= 4 is 17.2 Å². The number of carbonyl (C=O) groups is 1. The van der Waals surface area contributed by atoms with Gasteiger partial charge in [0.2, 0.25) is 0 Å². The Hall–Kier alpha value is -3.47. The maximum absolute atomic E-state index is 13.6. The molecule has 262 valence electrons. The molecule has 1 fully saturated rings. The monoisotopic (exact) mass is 678 g/mol. The first-order valence-electron chi connectivity index (χ1n) is 16.3. The van der Waals surface area contributed by atoms with Gasteiger partial charge >= 0.3 is 18.4 Å². The number of hydrogen-bond acceptors (Lipinski definition) is 4. The summed E-state index contributed by atoms with van der Waals surface area (Å²) in [5.74, 6) is 0.687. The van der Waals surface area contributed by atoms with Crippen LogP contribution < -0.4 is 10.1 Å². The Balaban J connectivity index is 1.53. The first-order valence-corrected chi connectivity index (χ1v) is 16.3. The number of amides is 1. The summed E-state index contributed by atoms with van der Waals surface area (Å²) in [6.45, 7) is 13.4. The summed E-state index contributed by atoms with van der Waals surface area (Å²) in [6.07, 6.45) is -6.76. The molecule has 1 unspecified atom stereocenters. The Kier molecular flexibility index (Phi) is 9.53. The number of alkyl halides is 6. The molecule has 0 spiro atoms. The van der Waals surface area contributed by atoms with E-state index in [1.54, 1.807) is 14.0 Å². The number of carbonyl (C=O) groups excluding carboxylic acids is 1. The molecule has 1 saturated heterocycles. The van der Waals surface area contributed by atoms with Crippen molar-refractivity contribution < 1.29 is 40.6 Å². The Morgan fingerprint density at radius 1 is 0.979 bits per heavy atom. The maximum Gasteiger partial charge on any atom is 0.416 e. The summed E-state index contributed by atoms with van der Waals surface area (Å²) in [5, 5.41) is 3.59. The lowest BCUT2D eigenvalue weighted by Crippen LogP contribution is -2.41. The molecule has 1 N–H and O–H groups in total. The average molecular weight is 679 g/mol. The lowest BCUT2D eigenvalue weighted by molar-refractivity contribution is -0.143. The largest absolute Gasteiger partial charge is 0.496 e. The van der Waals surface area contributed by atoms with E-state index in [2.05, 4.69) is 58.1 Å². The van der Waals surface area contributed by atoms with Crippen LogP contribution in [0, 0.1) is 10.8 Å². The molecule has 3 aliphatic rings. The van der Waals surface area contributed by atoms with Gasteiger partial charge in [-0.15, -0.1) is 0 Å². The van der Waals surface area contributed by atoms with Crippen molar-refractivity contribution in [3.63, 3.8) is 0 Å². The summed E-state index contributed by atoms with van der Waals surface area (Å²) >= 11 is 0. The Morgan fingerprint density at radius 3 is 2.21 bits per heavy atom. The summed E-state index contributed by atoms with van der Waals surface area (Å²) in [5.41, 5.74) is 1.90. The van der Waals surface area contributed by atoms with Gasteiger partial charge in [-0.05, 0) is 108 Å². The first kappa shape index (κ1) is 35.8. The van der Waals surface area contributed by atoms with Gasteiger partial charge in [-0.1, -0.05) is 46.8 Å². The van der Waals surface area contributed by atoms with Gasteiger partial charge in [0.05, 0.1) is 24.3 Å². The van der Waals surface area contributed by atoms with Crippen molar-refractivity contribution in [3.05, 3.63) is 75.9 Å². The predicted molar refractivity (Wildman–Crippen MR) is 173 cm³/mol. The molecule has 5 nitrogen and oxygen atoms in total. The van der Waals surface area contributed by atoms with Gasteiger partial charge < -0.3 is 14.8 Å². The number of nitrogens with one attached hydrogen (secondary N) is 1. The number of benzene rings is 2. The van der Waals surface area contributed by atoms with Crippen molar-refractivity contribution in [2.24, 2.45) is 10.8 Å². The number of allylic oxidation sites excluding steroid dienone is 1. The summed E-state index contributed by atoms with van der Waals surface area (Å²) < 4.78 is 93.1. The third-order valence-corrected chi connectivity index (χ3v) is 9.82. The van der Waals surface area contributed by atoms with E-state index < -0.39 is 41.7 Å². The highest BCUT2D eigenvalue weighted by Gasteiger charge is 2.44. The quantitative estimate of drug-likeness (QED) is 0.309. The van der Waals surface area contributed by atoms with Crippen LogP contribution in [0.5, 0.6) is 5.75 Å². The van der Waals surface area contributed by atoms with Crippen LogP contribution in [-0.2, 0) is 17.1 Å². The van der Waals surface area contributed by atoms with Gasteiger partial charge in [-0.25, -0.2) is 4.79 Å². The minimum Gasteiger partial charge on any atom is -0.496 e. The molecular weight excluding hydrogens is 634 g/mol. The van der Waals surface area contributed by atoms with E-state index in [1.807, 2.05) is 6.07 Å². The van der Waals surface area contributed by atoms with Crippen LogP contribution in [0.2, 0.25) is 0 Å². The van der Waals surface area contributed by atoms with Crippen molar-refractivity contribution in [1.29, 1.82) is 0 Å². The zero-order valence-electron chi connectivity index (χ0n) is 28.5. The summed E-state index contributed by atoms with van der Waals surface area (Å²) in [4.78, 5) is 14.7. The average Bonchev–Trinajstić information content (AvgIpc) is 3.27. The van der Waals surface area contributed by atoms with E-state index in [-0.39, 0.29) is 35.0 Å². The lowest BCUT2D eigenvalue weighted by atomic mass is 9.72. The molecular formula is C37H44F6N2O3. The topological polar surface area (TPSA) is 50.8 Å². The number of ether oxygens (including phenoxy) is 2. The molecule has 11 heteroatoms. The predicted octanol–water partition coefficient (Wildman–Crippen LogP) is 10.1. The van der Waals surface area contributed by atoms with Crippen LogP contribution >= 0.6 is 0 Å². The first-order chi connectivity index (χ1) is 22.2. The van der Waals surface area contributed by atoms with E-state index >= 15 is 0 Å². The molecule has 3 atom stereocenters. The van der Waals surface area contributed by atoms with Crippen molar-refractivity contribution in [2.75, 3.05) is 20.2 Å². The number of cyclic esters (lactones) is 1. The zero-order chi connectivity index (χ0) is 35.4. The number of nitrogens with zero attached hydrogens (tertiary/aromatic N) is 1. The molecule has 1 aliphatic carbocycles. The van der Waals surface area contributed by atoms with Gasteiger partial charge in [0.15, 0.2) is 0 Å². The minimum atomic E-state index is -5.01. The van der Waals surface area contributed by atoms with Crippen molar-refractivity contribution in [3.8, 4) is 5.75 Å². The van der Waals surface area contributed by atoms with Crippen molar-refractivity contribution in [2.45, 2.75) is 97.8 Å². The zero-order valence-corrected chi connectivity index (χ0v) is 28.5. The van der Waals surface area contributed by atoms with Gasteiger partial charge in [0.25, 0.3) is 0 Å². The van der Waals surface area contributed by atoms with E-state index in [1.165, 1.54) is 10.5 Å². The van der Waals surface area contributed by atoms with Gasteiger partial charge in [-0.2, -0.15) is 26.3 Å². The lowest BCUT2D eigenvalue weighted by Gasteiger charge is -2.36. The molecule has 0 bridgehead atoms. The third-order valence-electron chi connectivity index (χ3n) is 9.82. The van der Waals surface area contributed by atoms with Crippen LogP contribution in [0.1, 0.15) is 101 Å². The second kappa shape index (κ2) is 12.8. The van der Waals surface area contributed by atoms with Gasteiger partial charge in [-0.3, -0.25) is 4.90 Å². The molecule has 2 aliphatic heterocycles. The molecule has 2 aromatic rings. The van der Waals surface area contributed by atoms with Crippen molar-refractivity contribution in [1.82, 2.24) is 10.2 Å². The smallest absolute Gasteiger partial charge is 0.416 e. The molecule has 0 radical (unpaired) electrons. The normalized spacial score (nSPS) is 23.7. The number of rotatable bonds is 6. The van der Waals surface area contributed by atoms with Gasteiger partial charge in [0, 0.05) is 18.2 Å². The number of hydrogen-bond donors (Lipinski definition) is 1. The Labute approximate surface area is 278 Å². The highest BCUT2D eigenvalue weighted by Crippen LogP contribution is 2.47. The number of methoxy groups -OCH3 is 1. The summed E-state index contributed by atoms with van der Waals surface area (Å²) in [6, 6.07) is 6.88. The van der Waals surface area contributed by atoms with Crippen LogP contribution in [0.3, 0.4) is 0 Å². The van der Waals surface area contributed by atoms with E-state index in [4.69, 9.17) is 9.47 Å². The molecule has 0 aromatic heterocycles. The third kappa shape index (κ3) is 7.56. The Morgan fingerprint density at radius 2 is 1.62 bits per heavy atom. The SMILES string of the molecule is COc1ccc(C2=CC(C(C)(C)C)NCC2)cc1C1=C(CN2C(=O)O[C@H](c3cc(C(F)(F)F)cc(C(F)(F)F)c3)[C@@H]2C)CC(C)(C)CC1. The summed E-state index contributed by atoms with van der Waals surface area (Å²) in [7, 11) is 1.61. The Bertz CT molecular complexity index is 1580. The molecule has 2 aromatic carbocycles. The fourth-order valence-corrected chi connectivity index (χ4v) is 7.04. The van der Waals surface area contributed by atoms with E-state index in [9.17, 15) is 31.1 Å². The fraction of sp³-hybridized carbons (Fsp3) is 0.541. The molecule has 5 rings (SSSR count). The fourth-order valence-electron chi connectivity index (χ4n) is 7.04. The van der Waals surface area contributed by atoms with Crippen LogP contribution in [-0.4, -0.2) is 43.3 Å². The van der Waals surface area contributed by atoms with E-state index in [0.29, 0.717) is 30.7 Å². The molecule has 2 heterocycles.